The van der Waals surface area contributed by atoms with Gasteiger partial charge in [-0.3, -0.25) is 0 Å². The molecule has 0 amide bonds. The summed E-state index contributed by atoms with van der Waals surface area (Å²) in [4.78, 5) is 0. The zero-order chi connectivity index (χ0) is 12.4. The lowest BCUT2D eigenvalue weighted by molar-refractivity contribution is 0.530. The summed E-state index contributed by atoms with van der Waals surface area (Å²) in [6.45, 7) is 8.94. The molecule has 1 aliphatic carbocycles. The minimum atomic E-state index is 0.487. The van der Waals surface area contributed by atoms with Crippen LogP contribution in [0.1, 0.15) is 55.8 Å². The van der Waals surface area contributed by atoms with E-state index in [4.69, 9.17) is 0 Å². The van der Waals surface area contributed by atoms with Gasteiger partial charge in [-0.15, -0.1) is 0 Å². The lowest BCUT2D eigenvalue weighted by Crippen LogP contribution is -2.22. The van der Waals surface area contributed by atoms with Crippen LogP contribution in [0.2, 0.25) is 0 Å². The number of rotatable bonds is 5. The van der Waals surface area contributed by atoms with Crippen LogP contribution in [0.4, 0.5) is 0 Å². The first-order valence-corrected chi connectivity index (χ1v) is 6.95. The van der Waals surface area contributed by atoms with Gasteiger partial charge in [0.2, 0.25) is 0 Å². The first-order valence-electron chi connectivity index (χ1n) is 6.95. The molecule has 0 bridgehead atoms. The number of aryl methyl sites for hydroxylation is 2. The van der Waals surface area contributed by atoms with Gasteiger partial charge in [-0.25, -0.2) is 0 Å². The van der Waals surface area contributed by atoms with Crippen LogP contribution >= 0.6 is 0 Å². The van der Waals surface area contributed by atoms with Crippen LogP contribution in [-0.2, 0) is 0 Å². The molecule has 1 aliphatic rings. The van der Waals surface area contributed by atoms with Crippen LogP contribution in [0.25, 0.3) is 0 Å². The lowest BCUT2D eigenvalue weighted by Gasteiger charge is -2.15. The van der Waals surface area contributed by atoms with Gasteiger partial charge >= 0.3 is 0 Å². The highest BCUT2D eigenvalue weighted by Gasteiger charge is 2.36. The molecule has 0 aromatic heterocycles. The third-order valence-electron chi connectivity index (χ3n) is 4.08. The molecule has 1 saturated carbocycles. The molecule has 3 atom stereocenters. The summed E-state index contributed by atoms with van der Waals surface area (Å²) < 4.78 is 0. The predicted molar refractivity (Wildman–Crippen MR) is 74.3 cm³/mol. The maximum Gasteiger partial charge on any atom is 0.0294 e. The molecule has 1 aromatic rings. The average Bonchev–Trinajstić information content (AvgIpc) is 3.01. The Morgan fingerprint density at radius 3 is 2.71 bits per heavy atom. The fourth-order valence-electron chi connectivity index (χ4n) is 2.59. The molecule has 1 N–H and O–H groups in total. The first kappa shape index (κ1) is 12.6. The highest BCUT2D eigenvalue weighted by atomic mass is 15.0. The Balaban J connectivity index is 1.91. The third-order valence-corrected chi connectivity index (χ3v) is 4.08. The molecular formula is C16H25N. The van der Waals surface area contributed by atoms with Crippen molar-refractivity contribution in [2.75, 3.05) is 0 Å². The summed E-state index contributed by atoms with van der Waals surface area (Å²) in [5, 5.41) is 3.75. The standard InChI is InChI=1S/C16H25N/c1-5-6-15-10-16(15)17-13(4)14-8-7-11(2)12(3)9-14/h7-9,13,15-17H,5-6,10H2,1-4H3. The molecule has 94 valence electrons. The van der Waals surface area contributed by atoms with E-state index in [0.717, 1.165) is 12.0 Å². The molecule has 0 aliphatic heterocycles. The summed E-state index contributed by atoms with van der Waals surface area (Å²) in [6, 6.07) is 8.08. The van der Waals surface area contributed by atoms with Gasteiger partial charge in [0.05, 0.1) is 0 Å². The Morgan fingerprint density at radius 2 is 2.06 bits per heavy atom. The predicted octanol–water partition coefficient (Wildman–Crippen LogP) is 4.14. The van der Waals surface area contributed by atoms with Crippen molar-refractivity contribution in [2.45, 2.75) is 59.0 Å². The Hall–Kier alpha value is -0.820. The van der Waals surface area contributed by atoms with Crippen molar-refractivity contribution in [1.29, 1.82) is 0 Å². The molecule has 1 heteroatoms. The van der Waals surface area contributed by atoms with Gasteiger partial charge in [-0.1, -0.05) is 31.5 Å². The Morgan fingerprint density at radius 1 is 1.29 bits per heavy atom. The van der Waals surface area contributed by atoms with Gasteiger partial charge in [0, 0.05) is 12.1 Å². The van der Waals surface area contributed by atoms with Crippen molar-refractivity contribution < 1.29 is 0 Å². The van der Waals surface area contributed by atoms with E-state index in [-0.39, 0.29) is 0 Å². The molecule has 2 rings (SSSR count). The van der Waals surface area contributed by atoms with Gasteiger partial charge in [-0.05, 0) is 56.2 Å². The fourth-order valence-corrected chi connectivity index (χ4v) is 2.59. The first-order chi connectivity index (χ1) is 8.11. The van der Waals surface area contributed by atoms with E-state index in [9.17, 15) is 0 Å². The second-order valence-corrected chi connectivity index (χ2v) is 5.62. The molecule has 3 unspecified atom stereocenters. The van der Waals surface area contributed by atoms with E-state index >= 15 is 0 Å². The molecule has 1 aromatic carbocycles. The van der Waals surface area contributed by atoms with E-state index < -0.39 is 0 Å². The van der Waals surface area contributed by atoms with Gasteiger partial charge in [0.15, 0.2) is 0 Å². The number of hydrogen-bond donors (Lipinski definition) is 1. The zero-order valence-corrected chi connectivity index (χ0v) is 11.6. The van der Waals surface area contributed by atoms with Crippen molar-refractivity contribution in [1.82, 2.24) is 5.32 Å². The van der Waals surface area contributed by atoms with Crippen LogP contribution < -0.4 is 5.32 Å². The monoisotopic (exact) mass is 231 g/mol. The van der Waals surface area contributed by atoms with Crippen LogP contribution in [0, 0.1) is 19.8 Å². The summed E-state index contributed by atoms with van der Waals surface area (Å²) in [6.07, 6.45) is 4.08. The van der Waals surface area contributed by atoms with Crippen LogP contribution in [0.5, 0.6) is 0 Å². The Kier molecular flexibility index (Phi) is 3.88. The summed E-state index contributed by atoms with van der Waals surface area (Å²) in [7, 11) is 0. The van der Waals surface area contributed by atoms with Crippen LogP contribution in [0.15, 0.2) is 18.2 Å². The summed E-state index contributed by atoms with van der Waals surface area (Å²) in [5.74, 6) is 0.939. The van der Waals surface area contributed by atoms with Crippen LogP contribution in [0.3, 0.4) is 0 Å². The minimum Gasteiger partial charge on any atom is -0.307 e. The lowest BCUT2D eigenvalue weighted by atomic mass is 10.0. The Labute approximate surface area is 106 Å². The van der Waals surface area contributed by atoms with E-state index in [1.807, 2.05) is 0 Å². The van der Waals surface area contributed by atoms with Crippen molar-refractivity contribution in [2.24, 2.45) is 5.92 Å². The molecule has 0 saturated heterocycles. The minimum absolute atomic E-state index is 0.487. The molecular weight excluding hydrogens is 206 g/mol. The molecule has 1 nitrogen and oxygen atoms in total. The second kappa shape index (κ2) is 5.22. The molecule has 0 spiro atoms. The van der Waals surface area contributed by atoms with E-state index in [1.54, 1.807) is 0 Å². The maximum atomic E-state index is 3.75. The smallest absolute Gasteiger partial charge is 0.0294 e. The van der Waals surface area contributed by atoms with Gasteiger partial charge in [-0.2, -0.15) is 0 Å². The number of hydrogen-bond acceptors (Lipinski definition) is 1. The summed E-state index contributed by atoms with van der Waals surface area (Å²) in [5.41, 5.74) is 4.21. The third kappa shape index (κ3) is 3.10. The molecule has 17 heavy (non-hydrogen) atoms. The van der Waals surface area contributed by atoms with Crippen molar-refractivity contribution >= 4 is 0 Å². The highest BCUT2D eigenvalue weighted by molar-refractivity contribution is 5.31. The number of benzene rings is 1. The van der Waals surface area contributed by atoms with Crippen molar-refractivity contribution in [3.05, 3.63) is 34.9 Å². The van der Waals surface area contributed by atoms with Gasteiger partial charge in [0.25, 0.3) is 0 Å². The van der Waals surface area contributed by atoms with Crippen LogP contribution in [-0.4, -0.2) is 6.04 Å². The average molecular weight is 231 g/mol. The van der Waals surface area contributed by atoms with E-state index in [0.29, 0.717) is 6.04 Å². The second-order valence-electron chi connectivity index (χ2n) is 5.62. The largest absolute Gasteiger partial charge is 0.307 e. The fraction of sp³-hybridized carbons (Fsp3) is 0.625. The quantitative estimate of drug-likeness (QED) is 0.803. The molecule has 0 radical (unpaired) electrons. The van der Waals surface area contributed by atoms with Crippen molar-refractivity contribution in [3.8, 4) is 0 Å². The van der Waals surface area contributed by atoms with E-state index in [1.165, 1.54) is 36.0 Å². The van der Waals surface area contributed by atoms with Crippen molar-refractivity contribution in [3.63, 3.8) is 0 Å². The SMILES string of the molecule is CCCC1CC1NC(C)c1ccc(C)c(C)c1. The zero-order valence-electron chi connectivity index (χ0n) is 11.6. The summed E-state index contributed by atoms with van der Waals surface area (Å²) >= 11 is 0. The van der Waals surface area contributed by atoms with Gasteiger partial charge < -0.3 is 5.32 Å². The Bertz CT molecular complexity index is 383. The number of nitrogens with one attached hydrogen (secondary N) is 1. The van der Waals surface area contributed by atoms with Gasteiger partial charge in [0.1, 0.15) is 0 Å². The van der Waals surface area contributed by atoms with E-state index in [2.05, 4.69) is 51.2 Å². The topological polar surface area (TPSA) is 12.0 Å². The maximum absolute atomic E-state index is 3.75. The molecule has 0 heterocycles. The normalized spacial score (nSPS) is 24.7. The molecule has 1 fully saturated rings. The highest BCUT2D eigenvalue weighted by Crippen LogP contribution is 2.36.